The third kappa shape index (κ3) is 20.6. The fraction of sp³-hybridized carbons (Fsp3) is 0.818. The predicted octanol–water partition coefficient (Wildman–Crippen LogP) is 5.92. The van der Waals surface area contributed by atoms with Crippen molar-refractivity contribution in [1.29, 1.82) is 0 Å². The van der Waals surface area contributed by atoms with Crippen LogP contribution < -0.4 is 5.32 Å². The van der Waals surface area contributed by atoms with Crippen LogP contribution >= 0.6 is 0 Å². The molecule has 0 spiro atoms. The molecule has 1 N–H and O–H groups in total. The minimum atomic E-state index is -0.542. The van der Waals surface area contributed by atoms with E-state index in [0.29, 0.717) is 6.61 Å². The number of ether oxygens (including phenoxy) is 2. The summed E-state index contributed by atoms with van der Waals surface area (Å²) in [7, 11) is 0. The highest BCUT2D eigenvalue weighted by atomic mass is 16.5. The summed E-state index contributed by atoms with van der Waals surface area (Å²) in [6, 6.07) is 0. The molecule has 0 heterocycles. The first-order valence-corrected chi connectivity index (χ1v) is 10.9. The zero-order valence-electron chi connectivity index (χ0n) is 17.4. The van der Waals surface area contributed by atoms with Crippen molar-refractivity contribution in [2.24, 2.45) is 0 Å². The van der Waals surface area contributed by atoms with E-state index in [0.717, 1.165) is 12.8 Å². The molecule has 0 aromatic rings. The first kappa shape index (κ1) is 25.5. The van der Waals surface area contributed by atoms with Gasteiger partial charge >= 0.3 is 12.1 Å². The Bertz CT molecular complexity index is 371. The molecule has 0 saturated carbocycles. The van der Waals surface area contributed by atoms with Gasteiger partial charge in [0.05, 0.1) is 13.0 Å². The van der Waals surface area contributed by atoms with Gasteiger partial charge in [-0.05, 0) is 6.42 Å². The molecule has 0 aliphatic heterocycles. The molecule has 5 nitrogen and oxygen atoms in total. The molecular weight excluding hydrogens is 342 g/mol. The summed E-state index contributed by atoms with van der Waals surface area (Å²) in [5.74, 6) is -0.280. The van der Waals surface area contributed by atoms with Gasteiger partial charge in [0.15, 0.2) is 0 Å². The maximum atomic E-state index is 11.5. The van der Waals surface area contributed by atoms with Crippen LogP contribution in [0.5, 0.6) is 0 Å². The standard InChI is InChI=1S/C22H41NO4/c1-3-5-6-7-8-9-10-11-12-13-14-15-16-20-26-21(24)17-18-23-22(25)27-19-4-2/h4H,2-3,5-20H2,1H3,(H,23,25). The van der Waals surface area contributed by atoms with Gasteiger partial charge in [-0.15, -0.1) is 0 Å². The highest BCUT2D eigenvalue weighted by Gasteiger charge is 2.05. The van der Waals surface area contributed by atoms with Crippen molar-refractivity contribution in [3.63, 3.8) is 0 Å². The van der Waals surface area contributed by atoms with Crippen LogP contribution in [0.15, 0.2) is 12.7 Å². The third-order valence-corrected chi connectivity index (χ3v) is 4.44. The smallest absolute Gasteiger partial charge is 0.407 e. The Balaban J connectivity index is 3.22. The fourth-order valence-corrected chi connectivity index (χ4v) is 2.83. The maximum Gasteiger partial charge on any atom is 0.407 e. The van der Waals surface area contributed by atoms with Crippen LogP contribution in [0.3, 0.4) is 0 Å². The molecule has 0 rings (SSSR count). The molecular formula is C22H41NO4. The summed E-state index contributed by atoms with van der Waals surface area (Å²) in [4.78, 5) is 22.7. The van der Waals surface area contributed by atoms with Crippen LogP contribution in [0.2, 0.25) is 0 Å². The maximum absolute atomic E-state index is 11.5. The van der Waals surface area contributed by atoms with Gasteiger partial charge in [-0.3, -0.25) is 4.79 Å². The molecule has 0 radical (unpaired) electrons. The monoisotopic (exact) mass is 383 g/mol. The highest BCUT2D eigenvalue weighted by molar-refractivity contribution is 5.71. The van der Waals surface area contributed by atoms with Crippen molar-refractivity contribution >= 4 is 12.1 Å². The molecule has 1 amide bonds. The van der Waals surface area contributed by atoms with Crippen LogP contribution in [0.1, 0.15) is 96.8 Å². The van der Waals surface area contributed by atoms with E-state index >= 15 is 0 Å². The van der Waals surface area contributed by atoms with Gasteiger partial charge in [0, 0.05) is 6.54 Å². The number of hydrogen-bond donors (Lipinski definition) is 1. The molecule has 0 aromatic carbocycles. The zero-order valence-corrected chi connectivity index (χ0v) is 17.4. The fourth-order valence-electron chi connectivity index (χ4n) is 2.83. The van der Waals surface area contributed by atoms with Gasteiger partial charge in [0.25, 0.3) is 0 Å². The molecule has 0 aliphatic rings. The SMILES string of the molecule is C=CCOC(=O)NCCC(=O)OCCCCCCCCCCCCCCC. The Kier molecular flexibility index (Phi) is 19.6. The summed E-state index contributed by atoms with van der Waals surface area (Å²) < 4.78 is 9.90. The molecule has 0 saturated heterocycles. The molecule has 158 valence electrons. The number of carbonyl (C=O) groups is 2. The molecule has 5 heteroatoms. The Morgan fingerprint density at radius 3 is 1.85 bits per heavy atom. The summed E-state index contributed by atoms with van der Waals surface area (Å²) in [5.41, 5.74) is 0. The molecule has 27 heavy (non-hydrogen) atoms. The lowest BCUT2D eigenvalue weighted by Gasteiger charge is -2.06. The second-order valence-corrected chi connectivity index (χ2v) is 7.03. The number of carbonyl (C=O) groups excluding carboxylic acids is 2. The average molecular weight is 384 g/mol. The molecule has 0 aliphatic carbocycles. The van der Waals surface area contributed by atoms with Crippen LogP contribution in [-0.2, 0) is 14.3 Å². The molecule has 0 bridgehead atoms. The Morgan fingerprint density at radius 1 is 0.815 bits per heavy atom. The number of rotatable bonds is 19. The molecule has 0 atom stereocenters. The van der Waals surface area contributed by atoms with Gasteiger partial charge in [-0.25, -0.2) is 4.79 Å². The van der Waals surface area contributed by atoms with Gasteiger partial charge in [-0.1, -0.05) is 96.6 Å². The van der Waals surface area contributed by atoms with E-state index in [2.05, 4.69) is 18.8 Å². The summed E-state index contributed by atoms with van der Waals surface area (Å²) in [5, 5.41) is 2.49. The number of esters is 1. The number of amides is 1. The average Bonchev–Trinajstić information content (AvgIpc) is 2.66. The van der Waals surface area contributed by atoms with Crippen LogP contribution in [0, 0.1) is 0 Å². The normalized spacial score (nSPS) is 10.4. The van der Waals surface area contributed by atoms with E-state index in [4.69, 9.17) is 9.47 Å². The van der Waals surface area contributed by atoms with Crippen molar-refractivity contribution < 1.29 is 19.1 Å². The van der Waals surface area contributed by atoms with Crippen LogP contribution in [0.4, 0.5) is 4.79 Å². The van der Waals surface area contributed by atoms with E-state index in [-0.39, 0.29) is 25.5 Å². The highest BCUT2D eigenvalue weighted by Crippen LogP contribution is 2.12. The summed E-state index contributed by atoms with van der Waals surface area (Å²) in [6.07, 6.45) is 18.0. The first-order chi connectivity index (χ1) is 13.2. The minimum Gasteiger partial charge on any atom is -0.466 e. The number of alkyl carbamates (subject to hydrolysis) is 1. The third-order valence-electron chi connectivity index (χ3n) is 4.44. The topological polar surface area (TPSA) is 64.6 Å². The van der Waals surface area contributed by atoms with Crippen molar-refractivity contribution in [3.8, 4) is 0 Å². The number of hydrogen-bond acceptors (Lipinski definition) is 4. The number of unbranched alkanes of at least 4 members (excludes halogenated alkanes) is 12. The summed E-state index contributed by atoms with van der Waals surface area (Å²) >= 11 is 0. The van der Waals surface area contributed by atoms with Gasteiger partial charge in [0.1, 0.15) is 6.61 Å². The van der Waals surface area contributed by atoms with E-state index in [1.54, 1.807) is 0 Å². The molecule has 0 fully saturated rings. The Morgan fingerprint density at radius 2 is 1.33 bits per heavy atom. The van der Waals surface area contributed by atoms with Crippen molar-refractivity contribution in [3.05, 3.63) is 12.7 Å². The van der Waals surface area contributed by atoms with E-state index in [1.807, 2.05) is 0 Å². The van der Waals surface area contributed by atoms with E-state index < -0.39 is 6.09 Å². The largest absolute Gasteiger partial charge is 0.466 e. The predicted molar refractivity (Wildman–Crippen MR) is 111 cm³/mol. The second kappa shape index (κ2) is 20.8. The Labute approximate surface area is 166 Å². The van der Waals surface area contributed by atoms with E-state index in [1.165, 1.54) is 76.7 Å². The van der Waals surface area contributed by atoms with Crippen LogP contribution in [0.25, 0.3) is 0 Å². The van der Waals surface area contributed by atoms with Crippen LogP contribution in [-0.4, -0.2) is 31.8 Å². The zero-order chi connectivity index (χ0) is 20.0. The first-order valence-electron chi connectivity index (χ1n) is 10.9. The minimum absolute atomic E-state index is 0.162. The lowest BCUT2D eigenvalue weighted by molar-refractivity contribution is -0.143. The van der Waals surface area contributed by atoms with Crippen molar-refractivity contribution in [1.82, 2.24) is 5.32 Å². The number of nitrogens with one attached hydrogen (secondary N) is 1. The summed E-state index contributed by atoms with van der Waals surface area (Å²) in [6.45, 7) is 6.57. The lowest BCUT2D eigenvalue weighted by Crippen LogP contribution is -2.27. The van der Waals surface area contributed by atoms with E-state index in [9.17, 15) is 9.59 Å². The van der Waals surface area contributed by atoms with Crippen molar-refractivity contribution in [2.45, 2.75) is 96.8 Å². The Hall–Kier alpha value is -1.52. The van der Waals surface area contributed by atoms with Gasteiger partial charge in [0.2, 0.25) is 0 Å². The molecule has 0 aromatic heterocycles. The lowest BCUT2D eigenvalue weighted by atomic mass is 10.0. The van der Waals surface area contributed by atoms with Gasteiger partial charge in [-0.2, -0.15) is 0 Å². The quantitative estimate of drug-likeness (QED) is 0.171. The van der Waals surface area contributed by atoms with Gasteiger partial charge < -0.3 is 14.8 Å². The van der Waals surface area contributed by atoms with Crippen molar-refractivity contribution in [2.75, 3.05) is 19.8 Å². The molecule has 0 unspecified atom stereocenters. The second-order valence-electron chi connectivity index (χ2n) is 7.03.